The lowest BCUT2D eigenvalue weighted by atomic mass is 10.2. The summed E-state index contributed by atoms with van der Waals surface area (Å²) < 4.78 is 0. The number of nitrogens with zero attached hydrogens (tertiary/aromatic N) is 1. The number of carbonyl (C=O) groups is 1. The van der Waals surface area contributed by atoms with Crippen LogP contribution in [0.4, 0.5) is 0 Å². The summed E-state index contributed by atoms with van der Waals surface area (Å²) in [4.78, 5) is 10.1. The number of carboxylic acids is 1. The summed E-state index contributed by atoms with van der Waals surface area (Å²) in [5.41, 5.74) is 1.99. The predicted octanol–water partition coefficient (Wildman–Crippen LogP) is 3.35. The van der Waals surface area contributed by atoms with E-state index in [4.69, 9.17) is 5.11 Å². The van der Waals surface area contributed by atoms with Gasteiger partial charge in [0, 0.05) is 11.5 Å². The molecule has 2 aromatic carbocycles. The Kier molecular flexibility index (Phi) is 4.67. The van der Waals surface area contributed by atoms with Crippen molar-refractivity contribution in [2.45, 2.75) is 0 Å². The Morgan fingerprint density at radius 3 is 2.45 bits per heavy atom. The highest BCUT2D eigenvalue weighted by molar-refractivity contribution is 5.85. The lowest BCUT2D eigenvalue weighted by Crippen LogP contribution is -1.85. The molecule has 20 heavy (non-hydrogen) atoms. The van der Waals surface area contributed by atoms with E-state index in [1.165, 1.54) is 0 Å². The van der Waals surface area contributed by atoms with Crippen LogP contribution in [0.3, 0.4) is 0 Å². The van der Waals surface area contributed by atoms with E-state index in [1.54, 1.807) is 6.08 Å². The second-order valence-corrected chi connectivity index (χ2v) is 4.04. The molecule has 3 aromatic rings. The van der Waals surface area contributed by atoms with E-state index >= 15 is 0 Å². The smallest absolute Gasteiger partial charge is 0.328 e. The van der Waals surface area contributed by atoms with E-state index in [1.807, 2.05) is 60.8 Å². The minimum atomic E-state index is -0.922. The van der Waals surface area contributed by atoms with Crippen LogP contribution >= 0.6 is 0 Å². The zero-order valence-corrected chi connectivity index (χ0v) is 10.7. The number of para-hydroxylation sites is 1. The second kappa shape index (κ2) is 6.89. The number of H-pyrrole nitrogens is 1. The van der Waals surface area contributed by atoms with Gasteiger partial charge in [-0.3, -0.25) is 5.10 Å². The van der Waals surface area contributed by atoms with Crippen molar-refractivity contribution < 1.29 is 9.90 Å². The highest BCUT2D eigenvalue weighted by Crippen LogP contribution is 2.07. The number of aromatic amines is 1. The van der Waals surface area contributed by atoms with Gasteiger partial charge in [0.1, 0.15) is 0 Å². The molecular formula is C16H14N2O2. The highest BCUT2D eigenvalue weighted by atomic mass is 16.4. The molecule has 2 N–H and O–H groups in total. The normalized spacial score (nSPS) is 10.2. The number of hydrogen-bond donors (Lipinski definition) is 2. The fourth-order valence-electron chi connectivity index (χ4n) is 1.61. The van der Waals surface area contributed by atoms with Gasteiger partial charge in [-0.25, -0.2) is 4.79 Å². The van der Waals surface area contributed by atoms with E-state index in [0.717, 1.165) is 22.5 Å². The first-order valence-corrected chi connectivity index (χ1v) is 6.10. The maximum absolute atomic E-state index is 10.1. The van der Waals surface area contributed by atoms with Crippen molar-refractivity contribution in [3.8, 4) is 0 Å². The average Bonchev–Trinajstić information content (AvgIpc) is 2.95. The van der Waals surface area contributed by atoms with Crippen molar-refractivity contribution in [3.63, 3.8) is 0 Å². The highest BCUT2D eigenvalue weighted by Gasteiger charge is 1.88. The molecule has 4 nitrogen and oxygen atoms in total. The van der Waals surface area contributed by atoms with Crippen LogP contribution in [0, 0.1) is 0 Å². The Morgan fingerprint density at radius 2 is 1.75 bits per heavy atom. The standard InChI is InChI=1S/C9H8O2.C7H6N2/c10-9(11)7-6-8-4-2-1-3-5-8;1-2-4-7-6(3-1)5-8-9-7/h1-7H,(H,10,11);1-5H,(H,8,9). The summed E-state index contributed by atoms with van der Waals surface area (Å²) in [5.74, 6) is -0.922. The molecule has 4 heteroatoms. The van der Waals surface area contributed by atoms with Crippen LogP contribution < -0.4 is 0 Å². The maximum atomic E-state index is 10.1. The molecule has 0 aliphatic carbocycles. The summed E-state index contributed by atoms with van der Waals surface area (Å²) in [6, 6.07) is 17.3. The van der Waals surface area contributed by atoms with E-state index in [2.05, 4.69) is 10.2 Å². The molecule has 1 heterocycles. The molecule has 0 atom stereocenters. The summed E-state index contributed by atoms with van der Waals surface area (Å²) in [7, 11) is 0. The lowest BCUT2D eigenvalue weighted by Gasteiger charge is -1.87. The van der Waals surface area contributed by atoms with Crippen LogP contribution in [0.15, 0.2) is 66.9 Å². The molecule has 0 fully saturated rings. The van der Waals surface area contributed by atoms with Crippen LogP contribution in [0.2, 0.25) is 0 Å². The van der Waals surface area contributed by atoms with Crippen molar-refractivity contribution in [2.75, 3.05) is 0 Å². The summed E-state index contributed by atoms with van der Waals surface area (Å²) in [6.07, 6.45) is 4.49. The third-order valence-corrected chi connectivity index (χ3v) is 2.57. The Hall–Kier alpha value is -2.88. The molecule has 0 radical (unpaired) electrons. The molecule has 0 saturated heterocycles. The number of benzene rings is 2. The monoisotopic (exact) mass is 266 g/mol. The summed E-state index contributed by atoms with van der Waals surface area (Å²) in [6.45, 7) is 0. The van der Waals surface area contributed by atoms with Crippen molar-refractivity contribution in [1.82, 2.24) is 10.2 Å². The zero-order chi connectivity index (χ0) is 14.2. The third kappa shape index (κ3) is 4.10. The third-order valence-electron chi connectivity index (χ3n) is 2.57. The number of aromatic nitrogens is 2. The van der Waals surface area contributed by atoms with Gasteiger partial charge in [0.2, 0.25) is 0 Å². The number of hydrogen-bond acceptors (Lipinski definition) is 2. The molecule has 1 aromatic heterocycles. The number of nitrogens with one attached hydrogen (secondary N) is 1. The Labute approximate surface area is 116 Å². The number of aliphatic carboxylic acids is 1. The number of rotatable bonds is 2. The molecule has 0 saturated carbocycles. The van der Waals surface area contributed by atoms with Gasteiger partial charge in [-0.1, -0.05) is 48.5 Å². The first kappa shape index (κ1) is 13.5. The Bertz CT molecular complexity index is 672. The van der Waals surface area contributed by atoms with Crippen molar-refractivity contribution in [2.24, 2.45) is 0 Å². The van der Waals surface area contributed by atoms with Gasteiger partial charge in [0.25, 0.3) is 0 Å². The van der Waals surface area contributed by atoms with E-state index in [9.17, 15) is 4.79 Å². The topological polar surface area (TPSA) is 66.0 Å². The van der Waals surface area contributed by atoms with Crippen LogP contribution in [-0.4, -0.2) is 21.3 Å². The zero-order valence-electron chi connectivity index (χ0n) is 10.7. The molecular weight excluding hydrogens is 252 g/mol. The van der Waals surface area contributed by atoms with Crippen LogP contribution in [0.5, 0.6) is 0 Å². The van der Waals surface area contributed by atoms with Gasteiger partial charge in [0.15, 0.2) is 0 Å². The predicted molar refractivity (Wildman–Crippen MR) is 79.2 cm³/mol. The molecule has 0 bridgehead atoms. The van der Waals surface area contributed by atoms with Gasteiger partial charge in [-0.05, 0) is 17.7 Å². The van der Waals surface area contributed by atoms with Gasteiger partial charge in [-0.15, -0.1) is 0 Å². The fourth-order valence-corrected chi connectivity index (χ4v) is 1.61. The molecule has 0 unspecified atom stereocenters. The fraction of sp³-hybridized carbons (Fsp3) is 0. The molecule has 0 aliphatic heterocycles. The quantitative estimate of drug-likeness (QED) is 0.699. The minimum absolute atomic E-state index is 0.898. The SMILES string of the molecule is O=C(O)C=Cc1ccccc1.c1ccc2[nH]ncc2c1. The molecule has 0 aliphatic rings. The first-order valence-electron chi connectivity index (χ1n) is 6.10. The summed E-state index contributed by atoms with van der Waals surface area (Å²) in [5, 5.41) is 16.2. The van der Waals surface area contributed by atoms with Gasteiger partial charge >= 0.3 is 5.97 Å². The summed E-state index contributed by atoms with van der Waals surface area (Å²) >= 11 is 0. The van der Waals surface area contributed by atoms with Crippen LogP contribution in [0.1, 0.15) is 5.56 Å². The molecule has 3 rings (SSSR count). The first-order chi connectivity index (χ1) is 9.75. The van der Waals surface area contributed by atoms with Gasteiger partial charge in [-0.2, -0.15) is 5.10 Å². The van der Waals surface area contributed by atoms with Gasteiger partial charge in [0.05, 0.1) is 11.7 Å². The minimum Gasteiger partial charge on any atom is -0.478 e. The van der Waals surface area contributed by atoms with E-state index < -0.39 is 5.97 Å². The molecule has 0 spiro atoms. The van der Waals surface area contributed by atoms with Crippen LogP contribution in [0.25, 0.3) is 17.0 Å². The second-order valence-electron chi connectivity index (χ2n) is 4.04. The number of fused-ring (bicyclic) bond motifs is 1. The van der Waals surface area contributed by atoms with E-state index in [-0.39, 0.29) is 0 Å². The Morgan fingerprint density at radius 1 is 1.05 bits per heavy atom. The maximum Gasteiger partial charge on any atom is 0.328 e. The van der Waals surface area contributed by atoms with Crippen molar-refractivity contribution in [3.05, 3.63) is 72.4 Å². The largest absolute Gasteiger partial charge is 0.478 e. The lowest BCUT2D eigenvalue weighted by molar-refractivity contribution is -0.131. The molecule has 0 amide bonds. The van der Waals surface area contributed by atoms with Crippen molar-refractivity contribution in [1.29, 1.82) is 0 Å². The number of carboxylic acid groups (broad SMARTS) is 1. The van der Waals surface area contributed by atoms with Crippen molar-refractivity contribution >= 4 is 22.9 Å². The Balaban J connectivity index is 0.000000149. The van der Waals surface area contributed by atoms with E-state index in [0.29, 0.717) is 0 Å². The average molecular weight is 266 g/mol. The van der Waals surface area contributed by atoms with Gasteiger partial charge < -0.3 is 5.11 Å². The molecule has 100 valence electrons. The van der Waals surface area contributed by atoms with Crippen LogP contribution in [-0.2, 0) is 4.79 Å².